The summed E-state index contributed by atoms with van der Waals surface area (Å²) in [5, 5.41) is 2.88. The second-order valence-corrected chi connectivity index (χ2v) is 7.27. The van der Waals surface area contributed by atoms with E-state index in [1.165, 1.54) is 0 Å². The maximum atomic E-state index is 12.8. The molecule has 0 saturated carbocycles. The third kappa shape index (κ3) is 3.69. The fourth-order valence-corrected chi connectivity index (χ4v) is 3.69. The molecule has 1 aliphatic carbocycles. The van der Waals surface area contributed by atoms with Crippen molar-refractivity contribution in [2.24, 2.45) is 0 Å². The van der Waals surface area contributed by atoms with Gasteiger partial charge in [-0.25, -0.2) is 0 Å². The van der Waals surface area contributed by atoms with Crippen LogP contribution in [0.1, 0.15) is 31.8 Å². The van der Waals surface area contributed by atoms with E-state index >= 15 is 0 Å². The number of hydrogen-bond donors (Lipinski definition) is 1. The Morgan fingerprint density at radius 2 is 1.68 bits per heavy atom. The highest BCUT2D eigenvalue weighted by Gasteiger charge is 2.27. The molecule has 4 aromatic rings. The van der Waals surface area contributed by atoms with Gasteiger partial charge < -0.3 is 10.1 Å². The normalized spacial score (nSPS) is 11.5. The van der Waals surface area contributed by atoms with E-state index in [0.29, 0.717) is 34.7 Å². The molecule has 0 radical (unpaired) electrons. The van der Waals surface area contributed by atoms with Crippen molar-refractivity contribution in [3.63, 3.8) is 0 Å². The molecule has 31 heavy (non-hydrogen) atoms. The van der Waals surface area contributed by atoms with Gasteiger partial charge in [0.05, 0.1) is 0 Å². The average Bonchev–Trinajstić information content (AvgIpc) is 3.10. The van der Waals surface area contributed by atoms with Gasteiger partial charge in [0.15, 0.2) is 5.78 Å². The van der Waals surface area contributed by atoms with Gasteiger partial charge >= 0.3 is 0 Å². The van der Waals surface area contributed by atoms with Crippen LogP contribution in [0, 0.1) is 0 Å². The molecule has 5 nitrogen and oxygen atoms in total. The first-order valence-corrected chi connectivity index (χ1v) is 9.90. The van der Waals surface area contributed by atoms with Crippen LogP contribution in [0.2, 0.25) is 0 Å². The van der Waals surface area contributed by atoms with Crippen LogP contribution in [0.4, 0.5) is 5.69 Å². The highest BCUT2D eigenvalue weighted by molar-refractivity contribution is 6.22. The summed E-state index contributed by atoms with van der Waals surface area (Å²) >= 11 is 0. The maximum absolute atomic E-state index is 12.8. The first-order valence-electron chi connectivity index (χ1n) is 9.90. The SMILES string of the molecule is O=C(Nc1cccc(OCc2cccnc2)c1)c1ccc2c(c1)C(=O)c1ccccc1-2. The number of pyridine rings is 1. The van der Waals surface area contributed by atoms with Gasteiger partial charge in [-0.15, -0.1) is 0 Å². The van der Waals surface area contributed by atoms with Gasteiger partial charge in [0, 0.05) is 46.4 Å². The fraction of sp³-hybridized carbons (Fsp3) is 0.0385. The van der Waals surface area contributed by atoms with Gasteiger partial charge in [0.1, 0.15) is 12.4 Å². The van der Waals surface area contributed by atoms with Crippen molar-refractivity contribution >= 4 is 17.4 Å². The predicted octanol–water partition coefficient (Wildman–Crippen LogP) is 5.12. The minimum atomic E-state index is -0.282. The van der Waals surface area contributed by atoms with Gasteiger partial charge in [0.2, 0.25) is 0 Å². The molecule has 0 aliphatic heterocycles. The minimum absolute atomic E-state index is 0.0500. The van der Waals surface area contributed by atoms with E-state index in [0.717, 1.165) is 16.7 Å². The number of nitrogens with one attached hydrogen (secondary N) is 1. The number of hydrogen-bond acceptors (Lipinski definition) is 4. The Bertz CT molecular complexity index is 1300. The summed E-state index contributed by atoms with van der Waals surface area (Å²) in [6, 6.07) is 23.7. The lowest BCUT2D eigenvalue weighted by atomic mass is 10.0. The van der Waals surface area contributed by atoms with Crippen molar-refractivity contribution in [1.82, 2.24) is 4.98 Å². The number of fused-ring (bicyclic) bond motifs is 3. The second kappa shape index (κ2) is 7.88. The zero-order valence-electron chi connectivity index (χ0n) is 16.5. The van der Waals surface area contributed by atoms with Crippen molar-refractivity contribution in [3.8, 4) is 16.9 Å². The Kier molecular flexibility index (Phi) is 4.77. The Hall–Kier alpha value is -4.25. The van der Waals surface area contributed by atoms with Crippen molar-refractivity contribution in [2.45, 2.75) is 6.61 Å². The number of ether oxygens (including phenoxy) is 1. The number of aromatic nitrogens is 1. The van der Waals surface area contributed by atoms with Crippen LogP contribution in [0.15, 0.2) is 91.3 Å². The van der Waals surface area contributed by atoms with E-state index < -0.39 is 0 Å². The smallest absolute Gasteiger partial charge is 0.255 e. The zero-order valence-corrected chi connectivity index (χ0v) is 16.5. The highest BCUT2D eigenvalue weighted by atomic mass is 16.5. The first kappa shape index (κ1) is 18.8. The van der Waals surface area contributed by atoms with Crippen molar-refractivity contribution in [2.75, 3.05) is 5.32 Å². The molecule has 150 valence electrons. The van der Waals surface area contributed by atoms with E-state index in [1.807, 2.05) is 54.6 Å². The monoisotopic (exact) mass is 406 g/mol. The number of carbonyl (C=O) groups is 2. The Morgan fingerprint density at radius 3 is 2.52 bits per heavy atom. The Balaban J connectivity index is 1.32. The molecule has 1 heterocycles. The van der Waals surface area contributed by atoms with Crippen LogP contribution in [0.3, 0.4) is 0 Å². The highest BCUT2D eigenvalue weighted by Crippen LogP contribution is 2.36. The minimum Gasteiger partial charge on any atom is -0.489 e. The molecule has 5 heteroatoms. The summed E-state index contributed by atoms with van der Waals surface area (Å²) < 4.78 is 5.79. The topological polar surface area (TPSA) is 68.3 Å². The Labute approximate surface area is 179 Å². The number of benzene rings is 3. The predicted molar refractivity (Wildman–Crippen MR) is 118 cm³/mol. The van der Waals surface area contributed by atoms with Crippen LogP contribution in [0.25, 0.3) is 11.1 Å². The summed E-state index contributed by atoms with van der Waals surface area (Å²) in [5.74, 6) is 0.309. The van der Waals surface area contributed by atoms with Crippen LogP contribution in [-0.4, -0.2) is 16.7 Å². The molecule has 3 aromatic carbocycles. The molecule has 0 unspecified atom stereocenters. The number of anilines is 1. The molecule has 0 bridgehead atoms. The molecule has 0 saturated heterocycles. The summed E-state index contributed by atoms with van der Waals surface area (Å²) in [6.45, 7) is 0.388. The number of amides is 1. The molecule has 0 spiro atoms. The molecule has 1 aromatic heterocycles. The maximum Gasteiger partial charge on any atom is 0.255 e. The lowest BCUT2D eigenvalue weighted by molar-refractivity contribution is 0.102. The van der Waals surface area contributed by atoms with Crippen LogP contribution >= 0.6 is 0 Å². The standard InChI is InChI=1S/C26H18N2O3/c29-25-23-9-2-1-8-21(23)22-11-10-18(13-24(22)25)26(30)28-19-6-3-7-20(14-19)31-16-17-5-4-12-27-15-17/h1-15H,16H2,(H,28,30). The average molecular weight is 406 g/mol. The van der Waals surface area contributed by atoms with Crippen molar-refractivity contribution in [1.29, 1.82) is 0 Å². The van der Waals surface area contributed by atoms with Gasteiger partial charge in [-0.2, -0.15) is 0 Å². The van der Waals surface area contributed by atoms with Crippen LogP contribution in [0.5, 0.6) is 5.75 Å². The van der Waals surface area contributed by atoms with E-state index in [1.54, 1.807) is 36.7 Å². The lowest BCUT2D eigenvalue weighted by Gasteiger charge is -2.10. The molecule has 1 amide bonds. The van der Waals surface area contributed by atoms with Gasteiger partial charge in [-0.3, -0.25) is 14.6 Å². The van der Waals surface area contributed by atoms with E-state index in [4.69, 9.17) is 4.74 Å². The molecular formula is C26H18N2O3. The zero-order chi connectivity index (χ0) is 21.2. The van der Waals surface area contributed by atoms with Gasteiger partial charge in [-0.05, 0) is 41.5 Å². The fourth-order valence-electron chi connectivity index (χ4n) is 3.69. The summed E-state index contributed by atoms with van der Waals surface area (Å²) in [5.41, 5.74) is 5.01. The second-order valence-electron chi connectivity index (χ2n) is 7.27. The Morgan fingerprint density at radius 1 is 0.839 bits per heavy atom. The molecule has 5 rings (SSSR count). The van der Waals surface area contributed by atoms with Gasteiger partial charge in [0.25, 0.3) is 5.91 Å². The molecule has 0 fully saturated rings. The third-order valence-corrected chi connectivity index (χ3v) is 5.21. The number of nitrogens with zero attached hydrogens (tertiary/aromatic N) is 1. The van der Waals surface area contributed by atoms with E-state index in [9.17, 15) is 9.59 Å². The number of ketones is 1. The lowest BCUT2D eigenvalue weighted by Crippen LogP contribution is -2.12. The van der Waals surface area contributed by atoms with Gasteiger partial charge in [-0.1, -0.05) is 42.5 Å². The third-order valence-electron chi connectivity index (χ3n) is 5.21. The van der Waals surface area contributed by atoms with E-state index in [2.05, 4.69) is 10.3 Å². The quantitative estimate of drug-likeness (QED) is 0.440. The number of rotatable bonds is 5. The van der Waals surface area contributed by atoms with Crippen molar-refractivity contribution in [3.05, 3.63) is 114 Å². The van der Waals surface area contributed by atoms with Crippen molar-refractivity contribution < 1.29 is 14.3 Å². The summed E-state index contributed by atoms with van der Waals surface area (Å²) in [6.07, 6.45) is 3.46. The molecular weight excluding hydrogens is 388 g/mol. The summed E-state index contributed by atoms with van der Waals surface area (Å²) in [4.78, 5) is 29.6. The number of carbonyl (C=O) groups excluding carboxylic acids is 2. The largest absolute Gasteiger partial charge is 0.489 e. The van der Waals surface area contributed by atoms with Crippen LogP contribution < -0.4 is 10.1 Å². The molecule has 1 aliphatic rings. The van der Waals surface area contributed by atoms with E-state index in [-0.39, 0.29) is 11.7 Å². The first-order chi connectivity index (χ1) is 15.2. The molecule has 1 N–H and O–H groups in total. The van der Waals surface area contributed by atoms with Crippen LogP contribution in [-0.2, 0) is 6.61 Å². The molecule has 0 atom stereocenters. The summed E-state index contributed by atoms with van der Waals surface area (Å²) in [7, 11) is 0.